The first-order valence-electron chi connectivity index (χ1n) is 6.81. The van der Waals surface area contributed by atoms with E-state index in [0.29, 0.717) is 5.75 Å². The lowest BCUT2D eigenvalue weighted by atomic mass is 10.2. The molecule has 1 atom stereocenters. The number of fused-ring (bicyclic) bond motifs is 1. The Kier molecular flexibility index (Phi) is 4.35. The molecule has 0 radical (unpaired) electrons. The van der Waals surface area contributed by atoms with Crippen LogP contribution in [0.25, 0.3) is 0 Å². The first-order chi connectivity index (χ1) is 10.8. The lowest BCUT2D eigenvalue weighted by molar-refractivity contribution is 0.147. The number of carbonyl (C=O) groups excluding carboxylic acids is 1. The van der Waals surface area contributed by atoms with Crippen molar-refractivity contribution < 1.29 is 22.7 Å². The quantitative estimate of drug-likeness (QED) is 0.799. The number of cyclic esters (lactones) is 1. The summed E-state index contributed by atoms with van der Waals surface area (Å²) in [5, 5.41) is 0.195. The molecule has 126 valence electrons. The van der Waals surface area contributed by atoms with Crippen molar-refractivity contribution in [3.63, 3.8) is 0 Å². The van der Waals surface area contributed by atoms with Crippen LogP contribution in [0.5, 0.6) is 5.75 Å². The molecule has 2 fully saturated rings. The van der Waals surface area contributed by atoms with Gasteiger partial charge in [0, 0.05) is 25.7 Å². The van der Waals surface area contributed by atoms with Crippen molar-refractivity contribution in [3.05, 3.63) is 22.2 Å². The summed E-state index contributed by atoms with van der Waals surface area (Å²) in [6, 6.07) is 2.37. The van der Waals surface area contributed by atoms with Crippen LogP contribution in [0.4, 0.5) is 4.79 Å². The van der Waals surface area contributed by atoms with Crippen LogP contribution in [-0.4, -0.2) is 63.1 Å². The maximum Gasteiger partial charge on any atom is 0.410 e. The normalized spacial score (nSPS) is 22.0. The van der Waals surface area contributed by atoms with Gasteiger partial charge in [0.15, 0.2) is 0 Å². The monoisotopic (exact) mass is 380 g/mol. The minimum atomic E-state index is -3.83. The molecule has 0 bridgehead atoms. The van der Waals surface area contributed by atoms with Gasteiger partial charge in [0.25, 0.3) is 0 Å². The number of sulfonamides is 1. The van der Waals surface area contributed by atoms with E-state index >= 15 is 0 Å². The summed E-state index contributed by atoms with van der Waals surface area (Å²) in [6.45, 7) is 0.800. The van der Waals surface area contributed by atoms with Crippen LogP contribution in [0.3, 0.4) is 0 Å². The van der Waals surface area contributed by atoms with Gasteiger partial charge in [0.05, 0.1) is 23.2 Å². The summed E-state index contributed by atoms with van der Waals surface area (Å²) in [5.74, 6) is 0.301. The fourth-order valence-corrected chi connectivity index (χ4v) is 4.97. The van der Waals surface area contributed by atoms with Gasteiger partial charge < -0.3 is 9.47 Å². The zero-order valence-corrected chi connectivity index (χ0v) is 14.5. The largest absolute Gasteiger partial charge is 0.495 e. The number of ether oxygens (including phenoxy) is 2. The molecule has 0 N–H and O–H groups in total. The van der Waals surface area contributed by atoms with E-state index in [4.69, 9.17) is 32.7 Å². The van der Waals surface area contributed by atoms with Gasteiger partial charge in [-0.2, -0.15) is 4.31 Å². The highest BCUT2D eigenvalue weighted by Gasteiger charge is 2.41. The number of benzene rings is 1. The summed E-state index contributed by atoms with van der Waals surface area (Å²) in [4.78, 5) is 12.9. The second-order valence-corrected chi connectivity index (χ2v) is 7.93. The number of halogens is 2. The summed E-state index contributed by atoms with van der Waals surface area (Å²) in [5.41, 5.74) is 0. The second-order valence-electron chi connectivity index (χ2n) is 5.20. The third-order valence-corrected chi connectivity index (χ3v) is 6.53. The molecule has 3 rings (SSSR count). The lowest BCUT2D eigenvalue weighted by Gasteiger charge is -2.34. The van der Waals surface area contributed by atoms with Gasteiger partial charge in [0.2, 0.25) is 10.0 Å². The molecule has 2 aliphatic heterocycles. The Morgan fingerprint density at radius 3 is 2.70 bits per heavy atom. The van der Waals surface area contributed by atoms with Crippen LogP contribution >= 0.6 is 23.2 Å². The smallest absolute Gasteiger partial charge is 0.410 e. The Balaban J connectivity index is 1.91. The Morgan fingerprint density at radius 2 is 2.00 bits per heavy atom. The number of piperazine rings is 1. The number of methoxy groups -OCH3 is 1. The van der Waals surface area contributed by atoms with Crippen molar-refractivity contribution in [2.24, 2.45) is 0 Å². The maximum atomic E-state index is 12.8. The number of nitrogens with zero attached hydrogens (tertiary/aromatic N) is 2. The van der Waals surface area contributed by atoms with E-state index in [2.05, 4.69) is 0 Å². The van der Waals surface area contributed by atoms with Crippen molar-refractivity contribution in [2.75, 3.05) is 33.4 Å². The van der Waals surface area contributed by atoms with Crippen LogP contribution in [-0.2, 0) is 14.8 Å². The molecule has 1 aromatic carbocycles. The second kappa shape index (κ2) is 6.01. The molecular weight excluding hydrogens is 367 g/mol. The van der Waals surface area contributed by atoms with Crippen molar-refractivity contribution >= 4 is 39.3 Å². The Morgan fingerprint density at radius 1 is 1.26 bits per heavy atom. The van der Waals surface area contributed by atoms with Crippen molar-refractivity contribution in [3.8, 4) is 5.75 Å². The molecule has 23 heavy (non-hydrogen) atoms. The van der Waals surface area contributed by atoms with Crippen molar-refractivity contribution in [1.29, 1.82) is 0 Å². The standard InChI is InChI=1S/C13H14Cl2N2O5S/c1-21-11-4-10(15)12(5-9(11)14)23(19,20)16-2-3-17-8(6-16)7-22-13(17)18/h4-5,8H,2-3,6-7H2,1H3. The fourth-order valence-electron chi connectivity index (χ4n) is 2.68. The van der Waals surface area contributed by atoms with E-state index in [0.717, 1.165) is 0 Å². The predicted molar refractivity (Wildman–Crippen MR) is 83.6 cm³/mol. The predicted octanol–water partition coefficient (Wildman–Crippen LogP) is 1.83. The van der Waals surface area contributed by atoms with Crippen LogP contribution in [0.1, 0.15) is 0 Å². The van der Waals surface area contributed by atoms with Gasteiger partial charge in [-0.1, -0.05) is 23.2 Å². The molecule has 1 unspecified atom stereocenters. The molecule has 7 nitrogen and oxygen atoms in total. The van der Waals surface area contributed by atoms with Gasteiger partial charge in [-0.15, -0.1) is 0 Å². The number of carbonyl (C=O) groups is 1. The summed E-state index contributed by atoms with van der Waals surface area (Å²) in [7, 11) is -2.41. The third kappa shape index (κ3) is 2.84. The van der Waals surface area contributed by atoms with E-state index in [1.54, 1.807) is 0 Å². The van der Waals surface area contributed by atoms with Gasteiger partial charge in [-0.05, 0) is 6.07 Å². The molecular formula is C13H14Cl2N2O5S. The molecule has 0 aliphatic carbocycles. The van der Waals surface area contributed by atoms with Crippen LogP contribution in [0.15, 0.2) is 17.0 Å². The molecule has 1 amide bonds. The molecule has 0 aromatic heterocycles. The molecule has 10 heteroatoms. The van der Waals surface area contributed by atoms with E-state index < -0.39 is 16.1 Å². The van der Waals surface area contributed by atoms with Crippen LogP contribution < -0.4 is 4.74 Å². The average molecular weight is 381 g/mol. The zero-order valence-electron chi connectivity index (χ0n) is 12.2. The number of amides is 1. The number of hydrogen-bond acceptors (Lipinski definition) is 5. The molecule has 0 spiro atoms. The Labute approximate surface area is 143 Å². The van der Waals surface area contributed by atoms with Crippen molar-refractivity contribution in [1.82, 2.24) is 9.21 Å². The molecule has 2 saturated heterocycles. The minimum absolute atomic E-state index is 0.0347. The maximum absolute atomic E-state index is 12.8. The molecule has 0 saturated carbocycles. The lowest BCUT2D eigenvalue weighted by Crippen LogP contribution is -2.53. The van der Waals surface area contributed by atoms with Gasteiger partial charge in [0.1, 0.15) is 17.3 Å². The first-order valence-corrected chi connectivity index (χ1v) is 9.00. The number of rotatable bonds is 3. The topological polar surface area (TPSA) is 76.2 Å². The summed E-state index contributed by atoms with van der Waals surface area (Å²) >= 11 is 12.1. The Hall–Kier alpha value is -1.22. The average Bonchev–Trinajstić information content (AvgIpc) is 2.90. The highest BCUT2D eigenvalue weighted by molar-refractivity contribution is 7.89. The zero-order chi connectivity index (χ0) is 16.8. The van der Waals surface area contributed by atoms with Gasteiger partial charge in [-0.25, -0.2) is 13.2 Å². The SMILES string of the molecule is COc1cc(Cl)c(S(=O)(=O)N2CCN3C(=O)OCC3C2)cc1Cl. The van der Waals surface area contributed by atoms with Gasteiger partial charge >= 0.3 is 6.09 Å². The van der Waals surface area contributed by atoms with E-state index in [9.17, 15) is 13.2 Å². The van der Waals surface area contributed by atoms with E-state index in [-0.39, 0.29) is 47.2 Å². The van der Waals surface area contributed by atoms with Crippen LogP contribution in [0.2, 0.25) is 10.0 Å². The number of hydrogen-bond donors (Lipinski definition) is 0. The van der Waals surface area contributed by atoms with E-state index in [1.807, 2.05) is 0 Å². The molecule has 1 aromatic rings. The fraction of sp³-hybridized carbons (Fsp3) is 0.462. The first kappa shape index (κ1) is 16.6. The van der Waals surface area contributed by atoms with Crippen molar-refractivity contribution in [2.45, 2.75) is 10.9 Å². The molecule has 2 aliphatic rings. The summed E-state index contributed by atoms with van der Waals surface area (Å²) in [6.07, 6.45) is -0.405. The van der Waals surface area contributed by atoms with Crippen LogP contribution in [0, 0.1) is 0 Å². The van der Waals surface area contributed by atoms with E-state index in [1.165, 1.54) is 28.4 Å². The highest BCUT2D eigenvalue weighted by Crippen LogP contribution is 2.35. The van der Waals surface area contributed by atoms with Gasteiger partial charge in [-0.3, -0.25) is 4.90 Å². The Bertz CT molecular complexity index is 755. The summed E-state index contributed by atoms with van der Waals surface area (Å²) < 4.78 is 36.9. The third-order valence-electron chi connectivity index (χ3n) is 3.90. The minimum Gasteiger partial charge on any atom is -0.495 e. The highest BCUT2D eigenvalue weighted by atomic mass is 35.5. The molecule has 2 heterocycles.